The van der Waals surface area contributed by atoms with Gasteiger partial charge in [-0.25, -0.2) is 4.79 Å². The maximum atomic E-state index is 11.4. The second-order valence-electron chi connectivity index (χ2n) is 7.07. The minimum absolute atomic E-state index is 0.165. The Balaban J connectivity index is 1.52. The molecule has 2 saturated heterocycles. The molecule has 0 bridgehead atoms. The van der Waals surface area contributed by atoms with Crippen LogP contribution in [0, 0.1) is 17.8 Å². The maximum absolute atomic E-state index is 11.4. The van der Waals surface area contributed by atoms with Gasteiger partial charge in [-0.15, -0.1) is 0 Å². The molecule has 4 nitrogen and oxygen atoms in total. The van der Waals surface area contributed by atoms with Crippen molar-refractivity contribution in [1.29, 1.82) is 0 Å². The summed E-state index contributed by atoms with van der Waals surface area (Å²) in [5, 5.41) is 9.34. The smallest absolute Gasteiger partial charge is 0.331 e. The van der Waals surface area contributed by atoms with Gasteiger partial charge < -0.3 is 14.6 Å². The molecule has 7 atom stereocenters. The molecule has 0 aromatic carbocycles. The van der Waals surface area contributed by atoms with Gasteiger partial charge in [0, 0.05) is 17.9 Å². The highest BCUT2D eigenvalue weighted by molar-refractivity contribution is 5.88. The number of carboxylic acid groups (broad SMARTS) is 1. The summed E-state index contributed by atoms with van der Waals surface area (Å²) < 4.78 is 11.4. The summed E-state index contributed by atoms with van der Waals surface area (Å²) in [6.45, 7) is 4.31. The number of aliphatic carboxylic acids is 1. The van der Waals surface area contributed by atoms with Crippen LogP contribution in [0.5, 0.6) is 0 Å². The highest BCUT2D eigenvalue weighted by atomic mass is 16.6. The number of carbonyl (C=O) groups is 1. The van der Waals surface area contributed by atoms with Crippen molar-refractivity contribution in [2.45, 2.75) is 63.9 Å². The molecule has 2 aliphatic carbocycles. The summed E-state index contributed by atoms with van der Waals surface area (Å²) in [7, 11) is 0. The van der Waals surface area contributed by atoms with Gasteiger partial charge in [0.05, 0.1) is 24.4 Å². The number of hydrogen-bond donors (Lipinski definition) is 1. The molecule has 4 rings (SSSR count). The Hall–Kier alpha value is -0.870. The van der Waals surface area contributed by atoms with Crippen LogP contribution in [-0.4, -0.2) is 35.5 Å². The first-order valence-corrected chi connectivity index (χ1v) is 7.78. The number of hydrogen-bond acceptors (Lipinski definition) is 3. The van der Waals surface area contributed by atoms with Gasteiger partial charge in [0.1, 0.15) is 0 Å². The molecule has 1 saturated carbocycles. The van der Waals surface area contributed by atoms with E-state index in [1.807, 2.05) is 6.92 Å². The van der Waals surface area contributed by atoms with Gasteiger partial charge in [-0.2, -0.15) is 0 Å². The first-order chi connectivity index (χ1) is 9.54. The zero-order valence-electron chi connectivity index (χ0n) is 12.0. The largest absolute Gasteiger partial charge is 0.478 e. The second kappa shape index (κ2) is 4.31. The minimum atomic E-state index is -0.760. The van der Waals surface area contributed by atoms with E-state index in [0.717, 1.165) is 18.4 Å². The van der Waals surface area contributed by atoms with Crippen LogP contribution in [-0.2, 0) is 14.3 Å². The summed E-state index contributed by atoms with van der Waals surface area (Å²) in [6.07, 6.45) is 5.43. The zero-order chi connectivity index (χ0) is 14.0. The molecule has 0 spiro atoms. The molecule has 0 amide bonds. The quantitative estimate of drug-likeness (QED) is 0.805. The van der Waals surface area contributed by atoms with Gasteiger partial charge in [-0.05, 0) is 38.0 Å². The fraction of sp³-hybridized carbons (Fsp3) is 0.812. The first kappa shape index (κ1) is 12.8. The third kappa shape index (κ3) is 2.01. The predicted octanol–water partition coefficient (Wildman–Crippen LogP) is 2.38. The summed E-state index contributed by atoms with van der Waals surface area (Å²) in [5.74, 6) is 0.877. The van der Waals surface area contributed by atoms with E-state index in [9.17, 15) is 9.90 Å². The van der Waals surface area contributed by atoms with Crippen molar-refractivity contribution in [2.75, 3.05) is 0 Å². The van der Waals surface area contributed by atoms with Gasteiger partial charge in [0.25, 0.3) is 0 Å². The van der Waals surface area contributed by atoms with Crippen LogP contribution in [0.25, 0.3) is 0 Å². The van der Waals surface area contributed by atoms with Crippen molar-refractivity contribution in [3.05, 3.63) is 11.1 Å². The third-order valence-corrected chi connectivity index (χ3v) is 5.90. The lowest BCUT2D eigenvalue weighted by molar-refractivity contribution is -0.133. The highest BCUT2D eigenvalue weighted by Crippen LogP contribution is 2.50. The van der Waals surface area contributed by atoms with Crippen molar-refractivity contribution in [1.82, 2.24) is 0 Å². The summed E-state index contributed by atoms with van der Waals surface area (Å²) in [5.41, 5.74) is 1.65. The standard InChI is InChI=1S/C16H22O4/c1-7-3-12-13(19-12)5-9(7)4-10-8(2)11(16(17)18)6-14-15(10)20-14/h7,9-10,12-15H,3-6H2,1-2H3,(H,17,18). The van der Waals surface area contributed by atoms with Crippen LogP contribution in [0.2, 0.25) is 0 Å². The van der Waals surface area contributed by atoms with Crippen LogP contribution in [0.15, 0.2) is 11.1 Å². The normalized spacial score (nSPS) is 49.4. The Morgan fingerprint density at radius 3 is 2.75 bits per heavy atom. The number of ether oxygens (including phenoxy) is 2. The van der Waals surface area contributed by atoms with Crippen molar-refractivity contribution >= 4 is 5.97 Å². The molecule has 0 aromatic heterocycles. The summed E-state index contributed by atoms with van der Waals surface area (Å²) in [4.78, 5) is 11.4. The van der Waals surface area contributed by atoms with E-state index in [1.54, 1.807) is 0 Å². The monoisotopic (exact) mass is 278 g/mol. The average Bonchev–Trinajstić information content (AvgIpc) is 3.26. The molecule has 0 radical (unpaired) electrons. The fourth-order valence-corrected chi connectivity index (χ4v) is 4.41. The van der Waals surface area contributed by atoms with E-state index >= 15 is 0 Å². The van der Waals surface area contributed by atoms with E-state index in [4.69, 9.17) is 9.47 Å². The van der Waals surface area contributed by atoms with Crippen LogP contribution < -0.4 is 0 Å². The van der Waals surface area contributed by atoms with Gasteiger partial charge in [0.2, 0.25) is 0 Å². The van der Waals surface area contributed by atoms with Crippen LogP contribution in [0.1, 0.15) is 39.5 Å². The van der Waals surface area contributed by atoms with Gasteiger partial charge in [-0.3, -0.25) is 0 Å². The molecule has 3 fully saturated rings. The van der Waals surface area contributed by atoms with Gasteiger partial charge >= 0.3 is 5.97 Å². The summed E-state index contributed by atoms with van der Waals surface area (Å²) >= 11 is 0. The van der Waals surface area contributed by atoms with E-state index in [2.05, 4.69) is 6.92 Å². The van der Waals surface area contributed by atoms with E-state index in [1.165, 1.54) is 6.42 Å². The van der Waals surface area contributed by atoms with E-state index < -0.39 is 5.97 Å². The van der Waals surface area contributed by atoms with Gasteiger partial charge in [-0.1, -0.05) is 12.5 Å². The van der Waals surface area contributed by atoms with Crippen molar-refractivity contribution < 1.29 is 19.4 Å². The Bertz CT molecular complexity index is 483. The molecule has 4 heteroatoms. The number of epoxide rings is 2. The number of fused-ring (bicyclic) bond motifs is 2. The molecule has 1 N–H and O–H groups in total. The highest BCUT2D eigenvalue weighted by Gasteiger charge is 2.53. The van der Waals surface area contributed by atoms with Crippen LogP contribution in [0.4, 0.5) is 0 Å². The molecule has 7 unspecified atom stereocenters. The fourth-order valence-electron chi connectivity index (χ4n) is 4.41. The SMILES string of the molecule is CC1=C(C(=O)O)CC2OC2C1CC1CC2OC2CC1C. The molecule has 20 heavy (non-hydrogen) atoms. The average molecular weight is 278 g/mol. The Labute approximate surface area is 119 Å². The zero-order valence-corrected chi connectivity index (χ0v) is 12.0. The van der Waals surface area contributed by atoms with Crippen molar-refractivity contribution in [3.8, 4) is 0 Å². The number of carboxylic acids is 1. The third-order valence-electron chi connectivity index (χ3n) is 5.90. The predicted molar refractivity (Wildman–Crippen MR) is 72.3 cm³/mol. The molecule has 2 aliphatic heterocycles. The maximum Gasteiger partial charge on any atom is 0.331 e. The van der Waals surface area contributed by atoms with E-state index in [-0.39, 0.29) is 12.2 Å². The van der Waals surface area contributed by atoms with Crippen molar-refractivity contribution in [2.24, 2.45) is 17.8 Å². The second-order valence-corrected chi connectivity index (χ2v) is 7.07. The Morgan fingerprint density at radius 2 is 2.00 bits per heavy atom. The first-order valence-electron chi connectivity index (χ1n) is 7.78. The van der Waals surface area contributed by atoms with Crippen LogP contribution in [0.3, 0.4) is 0 Å². The topological polar surface area (TPSA) is 62.4 Å². The lowest BCUT2D eigenvalue weighted by Gasteiger charge is -2.31. The minimum Gasteiger partial charge on any atom is -0.478 e. The van der Waals surface area contributed by atoms with Crippen LogP contribution >= 0.6 is 0 Å². The lowest BCUT2D eigenvalue weighted by Crippen LogP contribution is -2.29. The number of rotatable bonds is 3. The Morgan fingerprint density at radius 1 is 1.25 bits per heavy atom. The molecule has 110 valence electrons. The molecular formula is C16H22O4. The lowest BCUT2D eigenvalue weighted by atomic mass is 9.71. The Kier molecular flexibility index (Phi) is 2.77. The van der Waals surface area contributed by atoms with Gasteiger partial charge in [0.15, 0.2) is 0 Å². The molecule has 4 aliphatic rings. The summed E-state index contributed by atoms with van der Waals surface area (Å²) in [6, 6.07) is 0. The van der Waals surface area contributed by atoms with E-state index in [0.29, 0.717) is 42.0 Å². The molecule has 0 aromatic rings. The molecular weight excluding hydrogens is 256 g/mol. The van der Waals surface area contributed by atoms with Crippen molar-refractivity contribution in [3.63, 3.8) is 0 Å². The molecule has 2 heterocycles.